The Kier molecular flexibility index (Phi) is 5.48. The maximum Gasteiger partial charge on any atom is 0.308 e. The smallest absolute Gasteiger partial charge is 0.308 e. The number of carbonyl (C=O) groups is 2. The van der Waals surface area contributed by atoms with Crippen molar-refractivity contribution in [2.75, 3.05) is 13.1 Å². The van der Waals surface area contributed by atoms with Gasteiger partial charge in [0.1, 0.15) is 5.82 Å². The van der Waals surface area contributed by atoms with Crippen molar-refractivity contribution in [2.24, 2.45) is 5.92 Å². The predicted octanol–water partition coefficient (Wildman–Crippen LogP) is 2.40. The van der Waals surface area contributed by atoms with E-state index in [4.69, 9.17) is 5.11 Å². The van der Waals surface area contributed by atoms with Crippen LogP contribution in [0.5, 0.6) is 0 Å². The van der Waals surface area contributed by atoms with Gasteiger partial charge < -0.3 is 10.0 Å². The standard InChI is InChI=1S/C14H18FNO3/c1-3-7-16(9-10(2)14(18)19)13(17)11-5-4-6-12(15)8-11/h4-6,8,10H,3,7,9H2,1-2H3,(H,18,19). The summed E-state index contributed by atoms with van der Waals surface area (Å²) >= 11 is 0. The van der Waals surface area contributed by atoms with Gasteiger partial charge in [0.05, 0.1) is 5.92 Å². The van der Waals surface area contributed by atoms with Crippen molar-refractivity contribution in [1.82, 2.24) is 4.90 Å². The number of amides is 1. The molecule has 19 heavy (non-hydrogen) atoms. The van der Waals surface area contributed by atoms with Crippen molar-refractivity contribution < 1.29 is 19.1 Å². The van der Waals surface area contributed by atoms with Crippen LogP contribution in [0.1, 0.15) is 30.6 Å². The zero-order valence-corrected chi connectivity index (χ0v) is 11.1. The van der Waals surface area contributed by atoms with Crippen LogP contribution in [0.4, 0.5) is 4.39 Å². The molecule has 0 fully saturated rings. The Morgan fingerprint density at radius 1 is 1.42 bits per heavy atom. The van der Waals surface area contributed by atoms with Gasteiger partial charge in [0.25, 0.3) is 5.91 Å². The van der Waals surface area contributed by atoms with E-state index >= 15 is 0 Å². The molecule has 104 valence electrons. The van der Waals surface area contributed by atoms with Crippen molar-refractivity contribution in [1.29, 1.82) is 0 Å². The summed E-state index contributed by atoms with van der Waals surface area (Å²) in [7, 11) is 0. The van der Waals surface area contributed by atoms with E-state index in [0.29, 0.717) is 13.0 Å². The Hall–Kier alpha value is -1.91. The van der Waals surface area contributed by atoms with Crippen LogP contribution >= 0.6 is 0 Å². The maximum atomic E-state index is 13.1. The number of nitrogens with zero attached hydrogens (tertiary/aromatic N) is 1. The molecule has 0 heterocycles. The van der Waals surface area contributed by atoms with Gasteiger partial charge in [-0.1, -0.05) is 19.9 Å². The summed E-state index contributed by atoms with van der Waals surface area (Å²) in [6.45, 7) is 4.02. The summed E-state index contributed by atoms with van der Waals surface area (Å²) in [5, 5.41) is 8.90. The topological polar surface area (TPSA) is 57.6 Å². The van der Waals surface area contributed by atoms with Crippen LogP contribution in [0.15, 0.2) is 24.3 Å². The molecule has 0 spiro atoms. The molecule has 1 aromatic rings. The monoisotopic (exact) mass is 267 g/mol. The molecule has 0 aromatic heterocycles. The van der Waals surface area contributed by atoms with Gasteiger partial charge in [-0.25, -0.2) is 4.39 Å². The second-order valence-corrected chi connectivity index (χ2v) is 4.50. The molecule has 0 aliphatic heterocycles. The normalized spacial score (nSPS) is 11.9. The molecule has 0 radical (unpaired) electrons. The fourth-order valence-corrected chi connectivity index (χ4v) is 1.76. The minimum atomic E-state index is -0.951. The van der Waals surface area contributed by atoms with E-state index < -0.39 is 17.7 Å². The van der Waals surface area contributed by atoms with Crippen molar-refractivity contribution in [3.63, 3.8) is 0 Å². The first kappa shape index (κ1) is 15.1. The highest BCUT2D eigenvalue weighted by Gasteiger charge is 2.21. The van der Waals surface area contributed by atoms with Crippen LogP contribution < -0.4 is 0 Å². The van der Waals surface area contributed by atoms with Gasteiger partial charge in [0, 0.05) is 18.7 Å². The Labute approximate surface area is 111 Å². The summed E-state index contributed by atoms with van der Waals surface area (Å²) in [5.74, 6) is -2.42. The number of rotatable bonds is 6. The number of aliphatic carboxylic acids is 1. The number of halogens is 1. The zero-order chi connectivity index (χ0) is 14.4. The number of hydrogen-bond acceptors (Lipinski definition) is 2. The third-order valence-electron chi connectivity index (χ3n) is 2.77. The third kappa shape index (κ3) is 4.35. The molecule has 1 N–H and O–H groups in total. The zero-order valence-electron chi connectivity index (χ0n) is 11.1. The molecule has 5 heteroatoms. The van der Waals surface area contributed by atoms with E-state index in [1.807, 2.05) is 6.92 Å². The minimum absolute atomic E-state index is 0.124. The number of carbonyl (C=O) groups excluding carboxylic acids is 1. The van der Waals surface area contributed by atoms with E-state index in [1.165, 1.54) is 23.1 Å². The molecular weight excluding hydrogens is 249 g/mol. The molecule has 0 saturated heterocycles. The molecular formula is C14H18FNO3. The second kappa shape index (κ2) is 6.87. The van der Waals surface area contributed by atoms with E-state index in [0.717, 1.165) is 6.07 Å². The number of benzene rings is 1. The predicted molar refractivity (Wildman–Crippen MR) is 69.4 cm³/mol. The fourth-order valence-electron chi connectivity index (χ4n) is 1.76. The van der Waals surface area contributed by atoms with Gasteiger partial charge in [-0.05, 0) is 24.6 Å². The lowest BCUT2D eigenvalue weighted by Crippen LogP contribution is -2.37. The Bertz CT molecular complexity index is 462. The lowest BCUT2D eigenvalue weighted by molar-refractivity contribution is -0.141. The van der Waals surface area contributed by atoms with Crippen molar-refractivity contribution in [3.8, 4) is 0 Å². The summed E-state index contributed by atoms with van der Waals surface area (Å²) in [6.07, 6.45) is 0.716. The van der Waals surface area contributed by atoms with E-state index in [2.05, 4.69) is 0 Å². The summed E-state index contributed by atoms with van der Waals surface area (Å²) < 4.78 is 13.1. The lowest BCUT2D eigenvalue weighted by atomic mass is 10.1. The summed E-state index contributed by atoms with van der Waals surface area (Å²) in [5.41, 5.74) is 0.242. The first-order valence-corrected chi connectivity index (χ1v) is 6.23. The van der Waals surface area contributed by atoms with Gasteiger partial charge in [0.15, 0.2) is 0 Å². The molecule has 1 unspecified atom stereocenters. The quantitative estimate of drug-likeness (QED) is 0.861. The van der Waals surface area contributed by atoms with Crippen LogP contribution in [0.3, 0.4) is 0 Å². The van der Waals surface area contributed by atoms with Crippen molar-refractivity contribution >= 4 is 11.9 Å². The van der Waals surface area contributed by atoms with Gasteiger partial charge in [0.2, 0.25) is 0 Å². The SMILES string of the molecule is CCCN(CC(C)C(=O)O)C(=O)c1cccc(F)c1. The molecule has 0 aliphatic rings. The molecule has 1 amide bonds. The van der Waals surface area contributed by atoms with Gasteiger partial charge in [-0.2, -0.15) is 0 Å². The third-order valence-corrected chi connectivity index (χ3v) is 2.77. The van der Waals surface area contributed by atoms with E-state index in [-0.39, 0.29) is 18.0 Å². The van der Waals surface area contributed by atoms with Crippen LogP contribution in [-0.4, -0.2) is 35.0 Å². The average molecular weight is 267 g/mol. The molecule has 1 atom stereocenters. The molecule has 4 nitrogen and oxygen atoms in total. The highest BCUT2D eigenvalue weighted by atomic mass is 19.1. The summed E-state index contributed by atoms with van der Waals surface area (Å²) in [4.78, 5) is 24.5. The van der Waals surface area contributed by atoms with Crippen molar-refractivity contribution in [3.05, 3.63) is 35.6 Å². The first-order valence-electron chi connectivity index (χ1n) is 6.23. The highest BCUT2D eigenvalue weighted by Crippen LogP contribution is 2.10. The second-order valence-electron chi connectivity index (χ2n) is 4.50. The minimum Gasteiger partial charge on any atom is -0.481 e. The number of carboxylic acid groups (broad SMARTS) is 1. The summed E-state index contributed by atoms with van der Waals surface area (Å²) in [6, 6.07) is 5.42. The van der Waals surface area contributed by atoms with Gasteiger partial charge in [-0.15, -0.1) is 0 Å². The van der Waals surface area contributed by atoms with Gasteiger partial charge >= 0.3 is 5.97 Å². The van der Waals surface area contributed by atoms with Crippen LogP contribution in [0.2, 0.25) is 0 Å². The molecule has 0 bridgehead atoms. The number of hydrogen-bond donors (Lipinski definition) is 1. The Morgan fingerprint density at radius 2 is 2.11 bits per heavy atom. The number of carboxylic acids is 1. The van der Waals surface area contributed by atoms with Gasteiger partial charge in [-0.3, -0.25) is 9.59 Å². The first-order chi connectivity index (χ1) is 8.95. The van der Waals surface area contributed by atoms with E-state index in [9.17, 15) is 14.0 Å². The average Bonchev–Trinajstić information content (AvgIpc) is 2.37. The Balaban J connectivity index is 2.86. The van der Waals surface area contributed by atoms with Crippen LogP contribution in [-0.2, 0) is 4.79 Å². The highest BCUT2D eigenvalue weighted by molar-refractivity contribution is 5.94. The maximum absolute atomic E-state index is 13.1. The fraction of sp³-hybridized carbons (Fsp3) is 0.429. The van der Waals surface area contributed by atoms with Crippen LogP contribution in [0, 0.1) is 11.7 Å². The van der Waals surface area contributed by atoms with Crippen LogP contribution in [0.25, 0.3) is 0 Å². The molecule has 1 aromatic carbocycles. The molecule has 0 aliphatic carbocycles. The molecule has 1 rings (SSSR count). The van der Waals surface area contributed by atoms with E-state index in [1.54, 1.807) is 6.92 Å². The van der Waals surface area contributed by atoms with Crippen molar-refractivity contribution in [2.45, 2.75) is 20.3 Å². The molecule has 0 saturated carbocycles. The lowest BCUT2D eigenvalue weighted by Gasteiger charge is -2.24. The Morgan fingerprint density at radius 3 is 2.63 bits per heavy atom. The largest absolute Gasteiger partial charge is 0.481 e.